The molecule has 0 aromatic carbocycles. The molecule has 1 N–H and O–H groups in total. The van der Waals surface area contributed by atoms with Gasteiger partial charge in [-0.25, -0.2) is 0 Å². The maximum atomic E-state index is 5.71. The second-order valence-electron chi connectivity index (χ2n) is 5.93. The SMILES string of the molecule is CC1CNC(C)CCN(CCC2CCCO2)C1. The summed E-state index contributed by atoms with van der Waals surface area (Å²) in [6, 6.07) is 0.669. The third kappa shape index (κ3) is 4.57. The lowest BCUT2D eigenvalue weighted by atomic mass is 10.1. The monoisotopic (exact) mass is 240 g/mol. The molecule has 0 bridgehead atoms. The summed E-state index contributed by atoms with van der Waals surface area (Å²) in [5.74, 6) is 0.766. The van der Waals surface area contributed by atoms with Crippen LogP contribution in [0.2, 0.25) is 0 Å². The van der Waals surface area contributed by atoms with Gasteiger partial charge in [-0.05, 0) is 51.6 Å². The molecule has 0 saturated carbocycles. The van der Waals surface area contributed by atoms with Crippen molar-refractivity contribution in [3.05, 3.63) is 0 Å². The van der Waals surface area contributed by atoms with E-state index in [1.54, 1.807) is 0 Å². The second-order valence-corrected chi connectivity index (χ2v) is 5.93. The molecule has 2 aliphatic heterocycles. The Balaban J connectivity index is 1.72. The van der Waals surface area contributed by atoms with E-state index in [1.807, 2.05) is 0 Å². The Morgan fingerprint density at radius 1 is 1.29 bits per heavy atom. The summed E-state index contributed by atoms with van der Waals surface area (Å²) in [7, 11) is 0. The number of ether oxygens (including phenoxy) is 1. The van der Waals surface area contributed by atoms with Crippen molar-refractivity contribution in [2.75, 3.05) is 32.8 Å². The molecule has 0 aromatic rings. The van der Waals surface area contributed by atoms with Gasteiger partial charge in [0.15, 0.2) is 0 Å². The predicted molar refractivity (Wildman–Crippen MR) is 71.3 cm³/mol. The normalized spacial score (nSPS) is 36.7. The molecule has 3 unspecified atom stereocenters. The van der Waals surface area contributed by atoms with Crippen LogP contribution >= 0.6 is 0 Å². The lowest BCUT2D eigenvalue weighted by Crippen LogP contribution is -2.43. The fourth-order valence-corrected chi connectivity index (χ4v) is 2.88. The first kappa shape index (κ1) is 13.3. The first-order valence-corrected chi connectivity index (χ1v) is 7.31. The van der Waals surface area contributed by atoms with Gasteiger partial charge in [-0.1, -0.05) is 6.92 Å². The highest BCUT2D eigenvalue weighted by molar-refractivity contribution is 4.75. The van der Waals surface area contributed by atoms with Crippen LogP contribution < -0.4 is 5.32 Å². The van der Waals surface area contributed by atoms with E-state index >= 15 is 0 Å². The van der Waals surface area contributed by atoms with Crippen molar-refractivity contribution in [2.45, 2.75) is 51.7 Å². The summed E-state index contributed by atoms with van der Waals surface area (Å²) in [5.41, 5.74) is 0. The summed E-state index contributed by atoms with van der Waals surface area (Å²) in [4.78, 5) is 2.64. The number of hydrogen-bond donors (Lipinski definition) is 1. The number of hydrogen-bond acceptors (Lipinski definition) is 3. The number of nitrogens with zero attached hydrogens (tertiary/aromatic N) is 1. The van der Waals surface area contributed by atoms with Gasteiger partial charge in [0, 0.05) is 25.7 Å². The van der Waals surface area contributed by atoms with E-state index in [-0.39, 0.29) is 0 Å². The highest BCUT2D eigenvalue weighted by atomic mass is 16.5. The average Bonchev–Trinajstić information content (AvgIpc) is 2.81. The van der Waals surface area contributed by atoms with E-state index in [1.165, 1.54) is 45.3 Å². The van der Waals surface area contributed by atoms with E-state index < -0.39 is 0 Å². The van der Waals surface area contributed by atoms with Crippen molar-refractivity contribution >= 4 is 0 Å². The minimum absolute atomic E-state index is 0.547. The maximum Gasteiger partial charge on any atom is 0.0588 e. The first-order valence-electron chi connectivity index (χ1n) is 7.31. The quantitative estimate of drug-likeness (QED) is 0.815. The van der Waals surface area contributed by atoms with Crippen LogP contribution in [0.4, 0.5) is 0 Å². The topological polar surface area (TPSA) is 24.5 Å². The van der Waals surface area contributed by atoms with Gasteiger partial charge < -0.3 is 15.0 Å². The molecule has 0 amide bonds. The Hall–Kier alpha value is -0.120. The van der Waals surface area contributed by atoms with Crippen LogP contribution in [0.25, 0.3) is 0 Å². The van der Waals surface area contributed by atoms with Crippen LogP contribution in [0, 0.1) is 5.92 Å². The van der Waals surface area contributed by atoms with Crippen LogP contribution in [0.15, 0.2) is 0 Å². The largest absolute Gasteiger partial charge is 0.378 e. The van der Waals surface area contributed by atoms with Crippen molar-refractivity contribution in [1.82, 2.24) is 10.2 Å². The molecular weight excluding hydrogens is 212 g/mol. The molecular formula is C14H28N2O. The Morgan fingerprint density at radius 2 is 2.18 bits per heavy atom. The molecule has 17 heavy (non-hydrogen) atoms. The first-order chi connectivity index (χ1) is 8.24. The molecule has 2 fully saturated rings. The molecule has 3 atom stereocenters. The van der Waals surface area contributed by atoms with E-state index in [9.17, 15) is 0 Å². The third-order valence-electron chi connectivity index (χ3n) is 4.05. The molecule has 3 heteroatoms. The zero-order valence-electron chi connectivity index (χ0n) is 11.5. The summed E-state index contributed by atoms with van der Waals surface area (Å²) < 4.78 is 5.71. The fraction of sp³-hybridized carbons (Fsp3) is 1.00. The molecule has 2 heterocycles. The van der Waals surface area contributed by atoms with Gasteiger partial charge in [0.25, 0.3) is 0 Å². The summed E-state index contributed by atoms with van der Waals surface area (Å²) >= 11 is 0. The van der Waals surface area contributed by atoms with Crippen molar-refractivity contribution in [3.8, 4) is 0 Å². The third-order valence-corrected chi connectivity index (χ3v) is 4.05. The maximum absolute atomic E-state index is 5.71. The van der Waals surface area contributed by atoms with Crippen molar-refractivity contribution in [3.63, 3.8) is 0 Å². The lowest BCUT2D eigenvalue weighted by molar-refractivity contribution is 0.0874. The standard InChI is InChI=1S/C14H28N2O/c1-12-10-15-13(2)5-7-16(11-12)8-6-14-4-3-9-17-14/h12-15H,3-11H2,1-2H3. The van der Waals surface area contributed by atoms with Crippen LogP contribution in [-0.4, -0.2) is 49.8 Å². The molecule has 2 rings (SSSR count). The smallest absolute Gasteiger partial charge is 0.0588 e. The zero-order chi connectivity index (χ0) is 12.1. The molecule has 0 radical (unpaired) electrons. The van der Waals surface area contributed by atoms with Gasteiger partial charge in [0.2, 0.25) is 0 Å². The molecule has 0 aromatic heterocycles. The van der Waals surface area contributed by atoms with Crippen LogP contribution in [-0.2, 0) is 4.74 Å². The Morgan fingerprint density at radius 3 is 2.94 bits per heavy atom. The van der Waals surface area contributed by atoms with Crippen LogP contribution in [0.5, 0.6) is 0 Å². The average molecular weight is 240 g/mol. The molecule has 2 saturated heterocycles. The molecule has 3 nitrogen and oxygen atoms in total. The van der Waals surface area contributed by atoms with E-state index in [0.717, 1.165) is 19.1 Å². The molecule has 100 valence electrons. The van der Waals surface area contributed by atoms with Gasteiger partial charge >= 0.3 is 0 Å². The minimum Gasteiger partial charge on any atom is -0.378 e. The van der Waals surface area contributed by atoms with Crippen LogP contribution in [0.3, 0.4) is 0 Å². The lowest BCUT2D eigenvalue weighted by Gasteiger charge is -2.31. The van der Waals surface area contributed by atoms with Crippen molar-refractivity contribution < 1.29 is 4.74 Å². The zero-order valence-corrected chi connectivity index (χ0v) is 11.5. The van der Waals surface area contributed by atoms with Crippen molar-refractivity contribution in [2.24, 2.45) is 5.92 Å². The Labute approximate surface area is 106 Å². The van der Waals surface area contributed by atoms with Gasteiger partial charge in [-0.15, -0.1) is 0 Å². The highest BCUT2D eigenvalue weighted by Gasteiger charge is 2.19. The second kappa shape index (κ2) is 6.72. The van der Waals surface area contributed by atoms with E-state index in [4.69, 9.17) is 4.74 Å². The van der Waals surface area contributed by atoms with Gasteiger partial charge in [-0.3, -0.25) is 0 Å². The van der Waals surface area contributed by atoms with Gasteiger partial charge in [-0.2, -0.15) is 0 Å². The van der Waals surface area contributed by atoms with E-state index in [2.05, 4.69) is 24.1 Å². The summed E-state index contributed by atoms with van der Waals surface area (Å²) in [6.07, 6.45) is 5.60. The van der Waals surface area contributed by atoms with Gasteiger partial charge in [0.05, 0.1) is 6.10 Å². The summed E-state index contributed by atoms with van der Waals surface area (Å²) in [6.45, 7) is 10.5. The number of nitrogens with one attached hydrogen (secondary N) is 1. The fourth-order valence-electron chi connectivity index (χ4n) is 2.88. The highest BCUT2D eigenvalue weighted by Crippen LogP contribution is 2.16. The number of rotatable bonds is 3. The molecule has 2 aliphatic rings. The molecule has 0 spiro atoms. The van der Waals surface area contributed by atoms with Crippen LogP contribution in [0.1, 0.15) is 39.5 Å². The predicted octanol–water partition coefficient (Wildman–Crippen LogP) is 1.88. The Bertz CT molecular complexity index is 216. The Kier molecular flexibility index (Phi) is 5.26. The molecule has 0 aliphatic carbocycles. The van der Waals surface area contributed by atoms with E-state index in [0.29, 0.717) is 12.1 Å². The van der Waals surface area contributed by atoms with Gasteiger partial charge in [0.1, 0.15) is 0 Å². The van der Waals surface area contributed by atoms with Crippen molar-refractivity contribution in [1.29, 1.82) is 0 Å². The summed E-state index contributed by atoms with van der Waals surface area (Å²) in [5, 5.41) is 3.60. The minimum atomic E-state index is 0.547.